The summed E-state index contributed by atoms with van der Waals surface area (Å²) in [5.74, 6) is 0.127. The number of halogens is 1. The van der Waals surface area contributed by atoms with Gasteiger partial charge >= 0.3 is 5.97 Å². The van der Waals surface area contributed by atoms with Gasteiger partial charge in [0, 0.05) is 30.7 Å². The molecule has 0 amide bonds. The minimum atomic E-state index is -0.748. The average Bonchev–Trinajstić information content (AvgIpc) is 2.66. The molecular formula is C15H21BrN2O3. The molecule has 5 nitrogen and oxygen atoms in total. The van der Waals surface area contributed by atoms with Gasteiger partial charge in [-0.15, -0.1) is 0 Å². The van der Waals surface area contributed by atoms with Gasteiger partial charge in [0.2, 0.25) is 0 Å². The molecule has 1 saturated heterocycles. The second-order valence-corrected chi connectivity index (χ2v) is 6.08. The zero-order valence-electron chi connectivity index (χ0n) is 12.0. The Morgan fingerprint density at radius 1 is 1.14 bits per heavy atom. The van der Waals surface area contributed by atoms with E-state index in [2.05, 4.69) is 20.8 Å². The minimum Gasteiger partial charge on any atom is -0.492 e. The first-order chi connectivity index (χ1) is 10.1. The third-order valence-electron chi connectivity index (χ3n) is 3.53. The fraction of sp³-hybridized carbons (Fsp3) is 0.533. The smallest absolute Gasteiger partial charge is 0.317 e. The Bertz CT molecular complexity index is 453. The number of rotatable bonds is 6. The van der Waals surface area contributed by atoms with Crippen molar-refractivity contribution in [3.63, 3.8) is 0 Å². The van der Waals surface area contributed by atoms with E-state index in [0.717, 1.165) is 49.4 Å². The van der Waals surface area contributed by atoms with Crippen LogP contribution in [0.25, 0.3) is 0 Å². The predicted molar refractivity (Wildman–Crippen MR) is 84.8 cm³/mol. The summed E-state index contributed by atoms with van der Waals surface area (Å²) in [6, 6.07) is 7.82. The van der Waals surface area contributed by atoms with Crippen LogP contribution in [0.15, 0.2) is 28.7 Å². The van der Waals surface area contributed by atoms with Crippen molar-refractivity contribution in [2.75, 3.05) is 45.9 Å². The van der Waals surface area contributed by atoms with Crippen molar-refractivity contribution < 1.29 is 14.6 Å². The van der Waals surface area contributed by atoms with Crippen LogP contribution in [0.1, 0.15) is 6.42 Å². The minimum absolute atomic E-state index is 0.142. The summed E-state index contributed by atoms with van der Waals surface area (Å²) >= 11 is 3.40. The van der Waals surface area contributed by atoms with Crippen molar-refractivity contribution in [1.29, 1.82) is 0 Å². The van der Waals surface area contributed by atoms with Crippen LogP contribution in [0, 0.1) is 0 Å². The molecule has 0 aromatic heterocycles. The van der Waals surface area contributed by atoms with E-state index in [-0.39, 0.29) is 6.54 Å². The third kappa shape index (κ3) is 6.03. The number of nitrogens with zero attached hydrogens (tertiary/aromatic N) is 2. The maximum Gasteiger partial charge on any atom is 0.317 e. The number of aliphatic carboxylic acids is 1. The highest BCUT2D eigenvalue weighted by Gasteiger charge is 2.16. The molecule has 1 fully saturated rings. The number of hydrogen-bond donors (Lipinski definition) is 1. The zero-order chi connectivity index (χ0) is 15.1. The van der Waals surface area contributed by atoms with E-state index in [1.165, 1.54) is 0 Å². The number of ether oxygens (including phenoxy) is 1. The molecule has 1 aliphatic heterocycles. The summed E-state index contributed by atoms with van der Waals surface area (Å²) in [4.78, 5) is 15.1. The molecule has 1 aromatic carbocycles. The van der Waals surface area contributed by atoms with Gasteiger partial charge in [-0.2, -0.15) is 0 Å². The second-order valence-electron chi connectivity index (χ2n) is 5.17. The maximum atomic E-state index is 10.7. The molecular weight excluding hydrogens is 336 g/mol. The van der Waals surface area contributed by atoms with Gasteiger partial charge in [0.1, 0.15) is 12.4 Å². The summed E-state index contributed by atoms with van der Waals surface area (Å²) in [6.45, 7) is 5.23. The molecule has 0 unspecified atom stereocenters. The molecule has 21 heavy (non-hydrogen) atoms. The van der Waals surface area contributed by atoms with E-state index in [4.69, 9.17) is 9.84 Å². The van der Waals surface area contributed by atoms with Crippen molar-refractivity contribution in [2.24, 2.45) is 0 Å². The first-order valence-electron chi connectivity index (χ1n) is 7.18. The monoisotopic (exact) mass is 356 g/mol. The number of carbonyl (C=O) groups is 1. The number of hydrogen-bond acceptors (Lipinski definition) is 4. The molecule has 0 radical (unpaired) electrons. The summed E-state index contributed by atoms with van der Waals surface area (Å²) < 4.78 is 6.77. The topological polar surface area (TPSA) is 53.0 Å². The van der Waals surface area contributed by atoms with E-state index < -0.39 is 5.97 Å². The highest BCUT2D eigenvalue weighted by molar-refractivity contribution is 9.10. The van der Waals surface area contributed by atoms with E-state index in [1.54, 1.807) is 0 Å². The first-order valence-corrected chi connectivity index (χ1v) is 7.97. The largest absolute Gasteiger partial charge is 0.492 e. The van der Waals surface area contributed by atoms with Gasteiger partial charge in [-0.25, -0.2) is 0 Å². The molecule has 1 aromatic rings. The molecule has 0 saturated carbocycles. The van der Waals surface area contributed by atoms with Crippen LogP contribution in [-0.4, -0.2) is 66.8 Å². The standard InChI is InChI=1S/C15H21BrN2O3/c16-13-2-4-14(5-3-13)21-11-10-17-6-1-7-18(9-8-17)12-15(19)20/h2-5H,1,6-12H2,(H,19,20). The van der Waals surface area contributed by atoms with Crippen molar-refractivity contribution in [3.8, 4) is 5.75 Å². The van der Waals surface area contributed by atoms with E-state index in [9.17, 15) is 4.79 Å². The number of carboxylic acids is 1. The van der Waals surface area contributed by atoms with Crippen molar-refractivity contribution in [3.05, 3.63) is 28.7 Å². The van der Waals surface area contributed by atoms with Crippen molar-refractivity contribution >= 4 is 21.9 Å². The molecule has 1 aliphatic rings. The summed E-state index contributed by atoms with van der Waals surface area (Å²) in [6.07, 6.45) is 1.01. The lowest BCUT2D eigenvalue weighted by Gasteiger charge is -2.20. The Labute approximate surface area is 133 Å². The second kappa shape index (κ2) is 8.36. The van der Waals surface area contributed by atoms with Crippen LogP contribution in [0.4, 0.5) is 0 Å². The molecule has 1 N–H and O–H groups in total. The Hall–Kier alpha value is -1.11. The molecule has 2 rings (SSSR count). The zero-order valence-corrected chi connectivity index (χ0v) is 13.6. The van der Waals surface area contributed by atoms with Crippen LogP contribution in [0.3, 0.4) is 0 Å². The Morgan fingerprint density at radius 3 is 2.52 bits per heavy atom. The quantitative estimate of drug-likeness (QED) is 0.843. The van der Waals surface area contributed by atoms with Crippen molar-refractivity contribution in [1.82, 2.24) is 9.80 Å². The first kappa shape index (κ1) is 16.3. The molecule has 0 atom stereocenters. The number of carboxylic acid groups (broad SMARTS) is 1. The molecule has 0 aliphatic carbocycles. The predicted octanol–water partition coefficient (Wildman–Crippen LogP) is 1.92. The normalized spacial score (nSPS) is 17.4. The van der Waals surface area contributed by atoms with Gasteiger partial charge in [-0.3, -0.25) is 14.6 Å². The van der Waals surface area contributed by atoms with Gasteiger partial charge in [0.25, 0.3) is 0 Å². The summed E-state index contributed by atoms with van der Waals surface area (Å²) in [7, 11) is 0. The van der Waals surface area contributed by atoms with Crippen LogP contribution in [-0.2, 0) is 4.79 Å². The average molecular weight is 357 g/mol. The third-order valence-corrected chi connectivity index (χ3v) is 4.06. The van der Waals surface area contributed by atoms with Gasteiger partial charge in [-0.1, -0.05) is 15.9 Å². The van der Waals surface area contributed by atoms with Gasteiger partial charge in [-0.05, 0) is 37.2 Å². The Balaban J connectivity index is 1.69. The lowest BCUT2D eigenvalue weighted by molar-refractivity contribution is -0.138. The fourth-order valence-electron chi connectivity index (χ4n) is 2.42. The maximum absolute atomic E-state index is 10.7. The Morgan fingerprint density at radius 2 is 1.81 bits per heavy atom. The van der Waals surface area contributed by atoms with E-state index in [0.29, 0.717) is 6.61 Å². The van der Waals surface area contributed by atoms with Gasteiger partial charge in [0.05, 0.1) is 6.54 Å². The Kier molecular flexibility index (Phi) is 6.48. The fourth-order valence-corrected chi connectivity index (χ4v) is 2.69. The van der Waals surface area contributed by atoms with Crippen LogP contribution < -0.4 is 4.74 Å². The lowest BCUT2D eigenvalue weighted by atomic mass is 10.3. The molecule has 0 spiro atoms. The number of benzene rings is 1. The molecule has 0 bridgehead atoms. The SMILES string of the molecule is O=C(O)CN1CCCN(CCOc2ccc(Br)cc2)CC1. The molecule has 6 heteroatoms. The highest BCUT2D eigenvalue weighted by Crippen LogP contribution is 2.16. The summed E-state index contributed by atoms with van der Waals surface area (Å²) in [5.41, 5.74) is 0. The van der Waals surface area contributed by atoms with Gasteiger partial charge in [0.15, 0.2) is 0 Å². The molecule has 116 valence electrons. The summed E-state index contributed by atoms with van der Waals surface area (Å²) in [5, 5.41) is 8.83. The van der Waals surface area contributed by atoms with Crippen LogP contribution in [0.2, 0.25) is 0 Å². The van der Waals surface area contributed by atoms with Crippen LogP contribution in [0.5, 0.6) is 5.75 Å². The van der Waals surface area contributed by atoms with E-state index in [1.807, 2.05) is 29.2 Å². The van der Waals surface area contributed by atoms with Crippen LogP contribution >= 0.6 is 15.9 Å². The van der Waals surface area contributed by atoms with Gasteiger partial charge < -0.3 is 9.84 Å². The van der Waals surface area contributed by atoms with E-state index >= 15 is 0 Å². The highest BCUT2D eigenvalue weighted by atomic mass is 79.9. The molecule has 1 heterocycles. The lowest BCUT2D eigenvalue weighted by Crippen LogP contribution is -2.35. The van der Waals surface area contributed by atoms with Crippen molar-refractivity contribution in [2.45, 2.75) is 6.42 Å².